The molecule has 224 valence electrons. The molecule has 2 aromatic heterocycles. The highest BCUT2D eigenvalue weighted by molar-refractivity contribution is 9.11. The third-order valence-electron chi connectivity index (χ3n) is 8.21. The maximum atomic E-state index is 10.6. The fourth-order valence-electron chi connectivity index (χ4n) is 6.29. The maximum Gasteiger partial charge on any atom is 0.123 e. The van der Waals surface area contributed by atoms with Crippen LogP contribution < -0.4 is 5.32 Å². The molecule has 0 saturated carbocycles. The molecular weight excluding hydrogens is 847 g/mol. The largest absolute Gasteiger partial charge is 0.382 e. The van der Waals surface area contributed by atoms with E-state index in [1.807, 2.05) is 30.5 Å². The van der Waals surface area contributed by atoms with Crippen LogP contribution in [-0.2, 0) is 25.7 Å². The van der Waals surface area contributed by atoms with Gasteiger partial charge in [0.05, 0.1) is 17.4 Å². The predicted octanol–water partition coefficient (Wildman–Crippen LogP) is 8.79. The fraction of sp³-hybridized carbons (Fsp3) is 0.312. The normalized spacial score (nSPS) is 19.5. The van der Waals surface area contributed by atoms with Crippen molar-refractivity contribution < 1.29 is 5.11 Å². The van der Waals surface area contributed by atoms with Gasteiger partial charge in [-0.15, -0.1) is 0 Å². The Morgan fingerprint density at radius 3 is 1.77 bits per heavy atom. The van der Waals surface area contributed by atoms with Crippen molar-refractivity contribution in [3.05, 3.63) is 121 Å². The SMILES string of the molecule is Clc1cc(Br)c2c(c1)CCc1cc(Br)cnc1C2N1CCNCC1.OC1c2ncc(Br)cc2CCc2cc(Cl)cc(Br)c21. The lowest BCUT2D eigenvalue weighted by molar-refractivity contribution is 0.194. The molecule has 2 aromatic carbocycles. The van der Waals surface area contributed by atoms with Crippen LogP contribution in [0.15, 0.2) is 66.7 Å². The van der Waals surface area contributed by atoms with Crippen molar-refractivity contribution >= 4 is 86.9 Å². The zero-order valence-electron chi connectivity index (χ0n) is 23.0. The second-order valence-electron chi connectivity index (χ2n) is 10.9. The first-order chi connectivity index (χ1) is 20.7. The minimum Gasteiger partial charge on any atom is -0.382 e. The minimum absolute atomic E-state index is 0.180. The Kier molecular flexibility index (Phi) is 10.3. The molecular formula is C32H28Br4Cl2N4O. The monoisotopic (exact) mass is 870 g/mol. The number of rotatable bonds is 1. The van der Waals surface area contributed by atoms with Gasteiger partial charge < -0.3 is 10.4 Å². The molecule has 2 unspecified atom stereocenters. The average molecular weight is 875 g/mol. The number of piperazine rings is 1. The first kappa shape index (κ1) is 32.1. The Labute approximate surface area is 295 Å². The number of halogens is 6. The van der Waals surface area contributed by atoms with Gasteiger partial charge in [0.15, 0.2) is 0 Å². The number of aliphatic hydroxyl groups excluding tert-OH is 1. The first-order valence-corrected chi connectivity index (χ1v) is 18.0. The third kappa shape index (κ3) is 6.96. The van der Waals surface area contributed by atoms with Crippen molar-refractivity contribution in [1.82, 2.24) is 20.2 Å². The number of nitrogens with one attached hydrogen (secondary N) is 1. The lowest BCUT2D eigenvalue weighted by atomic mass is 9.96. The summed E-state index contributed by atoms with van der Waals surface area (Å²) in [5.74, 6) is 0. The van der Waals surface area contributed by atoms with Crippen LogP contribution in [0.1, 0.15) is 56.9 Å². The molecule has 0 radical (unpaired) electrons. The molecule has 0 amide bonds. The summed E-state index contributed by atoms with van der Waals surface area (Å²) in [6.45, 7) is 4.08. The van der Waals surface area contributed by atoms with Crippen LogP contribution in [0.2, 0.25) is 10.0 Å². The van der Waals surface area contributed by atoms with Gasteiger partial charge in [0, 0.05) is 72.1 Å². The Hall–Kier alpha value is -0.880. The van der Waals surface area contributed by atoms with E-state index < -0.39 is 6.10 Å². The van der Waals surface area contributed by atoms with Gasteiger partial charge in [-0.2, -0.15) is 0 Å². The molecule has 0 bridgehead atoms. The number of aryl methyl sites for hydroxylation is 4. The highest BCUT2D eigenvalue weighted by Crippen LogP contribution is 2.42. The average Bonchev–Trinajstić information content (AvgIpc) is 3.21. The summed E-state index contributed by atoms with van der Waals surface area (Å²) in [5, 5.41) is 15.5. The molecule has 4 aromatic rings. The topological polar surface area (TPSA) is 61.3 Å². The number of pyridine rings is 2. The summed E-state index contributed by atoms with van der Waals surface area (Å²) >= 11 is 26.7. The number of fused-ring (bicyclic) bond motifs is 4. The van der Waals surface area contributed by atoms with E-state index in [0.717, 1.165) is 97.2 Å². The minimum atomic E-state index is -0.716. The Bertz CT molecular complexity index is 1680. The lowest BCUT2D eigenvalue weighted by Gasteiger charge is -2.36. The smallest absolute Gasteiger partial charge is 0.123 e. The van der Waals surface area contributed by atoms with Crippen LogP contribution in [0.5, 0.6) is 0 Å². The molecule has 2 N–H and O–H groups in total. The molecule has 3 heterocycles. The summed E-state index contributed by atoms with van der Waals surface area (Å²) in [5.41, 5.74) is 8.90. The molecule has 7 rings (SSSR count). The van der Waals surface area contributed by atoms with Crippen molar-refractivity contribution in [2.75, 3.05) is 26.2 Å². The van der Waals surface area contributed by atoms with E-state index in [1.165, 1.54) is 22.4 Å². The molecule has 3 aliphatic rings. The zero-order valence-corrected chi connectivity index (χ0v) is 30.8. The van der Waals surface area contributed by atoms with Gasteiger partial charge in [-0.3, -0.25) is 14.9 Å². The quantitative estimate of drug-likeness (QED) is 0.201. The second-order valence-corrected chi connectivity index (χ2v) is 15.3. The van der Waals surface area contributed by atoms with E-state index in [-0.39, 0.29) is 6.04 Å². The maximum absolute atomic E-state index is 10.6. The van der Waals surface area contributed by atoms with Gasteiger partial charge in [-0.25, -0.2) is 0 Å². The van der Waals surface area contributed by atoms with Crippen LogP contribution in [0, 0.1) is 0 Å². The van der Waals surface area contributed by atoms with Crippen LogP contribution in [-0.4, -0.2) is 46.2 Å². The summed E-state index contributed by atoms with van der Waals surface area (Å²) in [7, 11) is 0. The Balaban J connectivity index is 0.000000157. The van der Waals surface area contributed by atoms with E-state index >= 15 is 0 Å². The van der Waals surface area contributed by atoms with Crippen LogP contribution in [0.3, 0.4) is 0 Å². The fourth-order valence-corrected chi connectivity index (χ4v) is 9.23. The number of hydrogen-bond donors (Lipinski definition) is 2. The molecule has 1 fully saturated rings. The van der Waals surface area contributed by atoms with Gasteiger partial charge in [-0.1, -0.05) is 55.1 Å². The highest BCUT2D eigenvalue weighted by Gasteiger charge is 2.33. The summed E-state index contributed by atoms with van der Waals surface area (Å²) in [4.78, 5) is 11.7. The second kappa shape index (κ2) is 13.9. The molecule has 5 nitrogen and oxygen atoms in total. The summed E-state index contributed by atoms with van der Waals surface area (Å²) < 4.78 is 3.90. The molecule has 1 aliphatic heterocycles. The predicted molar refractivity (Wildman–Crippen MR) is 187 cm³/mol. The first-order valence-electron chi connectivity index (χ1n) is 14.1. The third-order valence-corrected chi connectivity index (χ3v) is 10.8. The van der Waals surface area contributed by atoms with Crippen LogP contribution in [0.25, 0.3) is 0 Å². The van der Waals surface area contributed by atoms with E-state index in [4.69, 9.17) is 28.2 Å². The number of nitrogens with zero attached hydrogens (tertiary/aromatic N) is 3. The number of hydrogen-bond acceptors (Lipinski definition) is 5. The molecule has 2 aliphatic carbocycles. The summed E-state index contributed by atoms with van der Waals surface area (Å²) in [6.07, 6.45) is 6.59. The van der Waals surface area contributed by atoms with E-state index in [1.54, 1.807) is 6.20 Å². The summed E-state index contributed by atoms with van der Waals surface area (Å²) in [6, 6.07) is 12.3. The number of aliphatic hydroxyl groups is 1. The van der Waals surface area contributed by atoms with Gasteiger partial charge in [-0.05, 0) is 122 Å². The van der Waals surface area contributed by atoms with Gasteiger partial charge in [0.1, 0.15) is 6.10 Å². The molecule has 1 saturated heterocycles. The molecule has 2 atom stereocenters. The van der Waals surface area contributed by atoms with Crippen molar-refractivity contribution in [3.63, 3.8) is 0 Å². The Morgan fingerprint density at radius 1 is 0.674 bits per heavy atom. The van der Waals surface area contributed by atoms with Crippen LogP contribution >= 0.6 is 86.9 Å². The van der Waals surface area contributed by atoms with Crippen molar-refractivity contribution in [3.8, 4) is 0 Å². The Morgan fingerprint density at radius 2 is 1.16 bits per heavy atom. The van der Waals surface area contributed by atoms with Crippen molar-refractivity contribution in [2.45, 2.75) is 37.8 Å². The zero-order chi connectivity index (χ0) is 30.2. The van der Waals surface area contributed by atoms with Gasteiger partial charge in [0.2, 0.25) is 0 Å². The van der Waals surface area contributed by atoms with Crippen LogP contribution in [0.4, 0.5) is 0 Å². The number of aromatic nitrogens is 2. The molecule has 11 heteroatoms. The van der Waals surface area contributed by atoms with Gasteiger partial charge >= 0.3 is 0 Å². The molecule has 43 heavy (non-hydrogen) atoms. The van der Waals surface area contributed by atoms with Crippen molar-refractivity contribution in [2.24, 2.45) is 0 Å². The number of benzene rings is 2. The van der Waals surface area contributed by atoms with E-state index in [9.17, 15) is 5.11 Å². The van der Waals surface area contributed by atoms with Crippen molar-refractivity contribution in [1.29, 1.82) is 0 Å². The van der Waals surface area contributed by atoms with E-state index in [0.29, 0.717) is 5.02 Å². The van der Waals surface area contributed by atoms with E-state index in [2.05, 4.69) is 91.1 Å². The lowest BCUT2D eigenvalue weighted by Crippen LogP contribution is -2.45. The molecule has 0 spiro atoms. The van der Waals surface area contributed by atoms with Gasteiger partial charge in [0.25, 0.3) is 0 Å². The standard InChI is InChI=1S/C18H18Br2ClN3.C14H10Br2ClNO/c19-13-7-12-2-1-11-8-14(21)9-15(20)16(11)18(17(12)23-10-13)24-5-3-22-4-6-24;15-9-3-8-2-1-7-4-10(17)5-11(16)12(7)14(19)13(8)18-6-9/h7-10,18,22H,1-6H2;3-6,14,19H,1-2H2. The highest BCUT2D eigenvalue weighted by atomic mass is 79.9.